The number of amides is 1. The van der Waals surface area contributed by atoms with Crippen LogP contribution in [-0.2, 0) is 4.79 Å². The van der Waals surface area contributed by atoms with Gasteiger partial charge in [-0.25, -0.2) is 0 Å². The minimum Gasteiger partial charge on any atom is -0.494 e. The number of hydrogen-bond donors (Lipinski definition) is 2. The van der Waals surface area contributed by atoms with E-state index in [9.17, 15) is 4.79 Å². The molecule has 1 atom stereocenters. The van der Waals surface area contributed by atoms with Gasteiger partial charge in [0.1, 0.15) is 5.75 Å². The van der Waals surface area contributed by atoms with Gasteiger partial charge >= 0.3 is 0 Å². The molecule has 18 heavy (non-hydrogen) atoms. The van der Waals surface area contributed by atoms with E-state index >= 15 is 0 Å². The highest BCUT2D eigenvalue weighted by molar-refractivity contribution is 5.76. The molecule has 1 amide bonds. The highest BCUT2D eigenvalue weighted by Gasteiger charge is 2.05. The van der Waals surface area contributed by atoms with Gasteiger partial charge in [0.2, 0.25) is 5.91 Å². The summed E-state index contributed by atoms with van der Waals surface area (Å²) in [4.78, 5) is 11.4. The lowest BCUT2D eigenvalue weighted by molar-refractivity contribution is -0.122. The van der Waals surface area contributed by atoms with Crippen LogP contribution in [0.2, 0.25) is 0 Å². The number of nitrogens with one attached hydrogen (secondary N) is 1. The molecule has 0 saturated heterocycles. The van der Waals surface area contributed by atoms with Gasteiger partial charge in [-0.1, -0.05) is 12.1 Å². The van der Waals surface area contributed by atoms with Crippen LogP contribution in [0.15, 0.2) is 24.3 Å². The molecule has 0 heterocycles. The molecule has 0 aliphatic heterocycles. The molecule has 0 aliphatic carbocycles. The Bertz CT molecular complexity index is 379. The molecular formula is C14H21NO3. The van der Waals surface area contributed by atoms with E-state index in [0.717, 1.165) is 11.3 Å². The Labute approximate surface area is 108 Å². The molecular weight excluding hydrogens is 230 g/mol. The standard InChI is InChI=1S/C14H21NO3/c1-11-5-3-6-13(9-11)18-8-4-7-14(17)15-12(2)10-16/h3,5-6,9,12,16H,4,7-8,10H2,1-2H3,(H,15,17)/t12-/m1/s1. The van der Waals surface area contributed by atoms with Crippen molar-refractivity contribution in [3.8, 4) is 5.75 Å². The summed E-state index contributed by atoms with van der Waals surface area (Å²) in [5.41, 5.74) is 1.15. The summed E-state index contributed by atoms with van der Waals surface area (Å²) in [6, 6.07) is 7.64. The van der Waals surface area contributed by atoms with Crippen molar-refractivity contribution in [1.29, 1.82) is 0 Å². The van der Waals surface area contributed by atoms with E-state index in [1.165, 1.54) is 0 Å². The molecule has 1 aromatic carbocycles. The van der Waals surface area contributed by atoms with Crippen molar-refractivity contribution in [1.82, 2.24) is 5.32 Å². The number of aryl methyl sites for hydroxylation is 1. The van der Waals surface area contributed by atoms with Crippen LogP contribution >= 0.6 is 0 Å². The molecule has 1 rings (SSSR count). The third-order valence-corrected chi connectivity index (χ3v) is 2.49. The molecule has 0 unspecified atom stereocenters. The fourth-order valence-corrected chi connectivity index (χ4v) is 1.52. The second kappa shape index (κ2) is 7.71. The second-order valence-electron chi connectivity index (χ2n) is 4.42. The summed E-state index contributed by atoms with van der Waals surface area (Å²) < 4.78 is 5.54. The summed E-state index contributed by atoms with van der Waals surface area (Å²) >= 11 is 0. The summed E-state index contributed by atoms with van der Waals surface area (Å²) in [6.45, 7) is 4.26. The largest absolute Gasteiger partial charge is 0.494 e. The van der Waals surface area contributed by atoms with Gasteiger partial charge < -0.3 is 15.2 Å². The molecule has 4 nitrogen and oxygen atoms in total. The van der Waals surface area contributed by atoms with E-state index in [2.05, 4.69) is 5.32 Å². The topological polar surface area (TPSA) is 58.6 Å². The molecule has 4 heteroatoms. The molecule has 2 N–H and O–H groups in total. The number of rotatable bonds is 7. The van der Waals surface area contributed by atoms with E-state index < -0.39 is 0 Å². The zero-order valence-electron chi connectivity index (χ0n) is 11.0. The van der Waals surface area contributed by atoms with Gasteiger partial charge in [0, 0.05) is 12.5 Å². The number of carbonyl (C=O) groups excluding carboxylic acids is 1. The van der Waals surface area contributed by atoms with Crippen LogP contribution in [0.5, 0.6) is 5.75 Å². The zero-order chi connectivity index (χ0) is 13.4. The predicted octanol–water partition coefficient (Wildman–Crippen LogP) is 1.65. The normalized spacial score (nSPS) is 11.9. The van der Waals surface area contributed by atoms with E-state index in [-0.39, 0.29) is 18.6 Å². The van der Waals surface area contributed by atoms with E-state index in [4.69, 9.17) is 9.84 Å². The van der Waals surface area contributed by atoms with Crippen molar-refractivity contribution in [3.63, 3.8) is 0 Å². The third kappa shape index (κ3) is 5.68. The first-order valence-electron chi connectivity index (χ1n) is 6.21. The van der Waals surface area contributed by atoms with Gasteiger partial charge in [-0.2, -0.15) is 0 Å². The highest BCUT2D eigenvalue weighted by atomic mass is 16.5. The maximum Gasteiger partial charge on any atom is 0.220 e. The first-order chi connectivity index (χ1) is 8.61. The van der Waals surface area contributed by atoms with Crippen molar-refractivity contribution >= 4 is 5.91 Å². The summed E-state index contributed by atoms with van der Waals surface area (Å²) in [5.74, 6) is 0.781. The minimum absolute atomic E-state index is 0.0362. The number of carbonyl (C=O) groups is 1. The molecule has 0 aromatic heterocycles. The Morgan fingerprint density at radius 3 is 2.94 bits per heavy atom. The lowest BCUT2D eigenvalue weighted by Gasteiger charge is -2.11. The van der Waals surface area contributed by atoms with E-state index in [1.54, 1.807) is 6.92 Å². The number of ether oxygens (including phenoxy) is 1. The molecule has 1 aromatic rings. The van der Waals surface area contributed by atoms with Crippen molar-refractivity contribution in [2.24, 2.45) is 0 Å². The smallest absolute Gasteiger partial charge is 0.220 e. The Morgan fingerprint density at radius 2 is 2.28 bits per heavy atom. The lowest BCUT2D eigenvalue weighted by Crippen LogP contribution is -2.34. The van der Waals surface area contributed by atoms with Crippen LogP contribution in [0.1, 0.15) is 25.3 Å². The average Bonchev–Trinajstić information content (AvgIpc) is 2.34. The van der Waals surface area contributed by atoms with Crippen LogP contribution in [0.4, 0.5) is 0 Å². The maximum absolute atomic E-state index is 11.4. The summed E-state index contributed by atoms with van der Waals surface area (Å²) in [7, 11) is 0. The fraction of sp³-hybridized carbons (Fsp3) is 0.500. The van der Waals surface area contributed by atoms with Crippen LogP contribution < -0.4 is 10.1 Å². The van der Waals surface area contributed by atoms with Gasteiger partial charge in [0.15, 0.2) is 0 Å². The minimum atomic E-state index is -0.185. The summed E-state index contributed by atoms with van der Waals surface area (Å²) in [5, 5.41) is 11.5. The molecule has 0 spiro atoms. The molecule has 0 saturated carbocycles. The van der Waals surface area contributed by atoms with Gasteiger partial charge in [-0.3, -0.25) is 4.79 Å². The van der Waals surface area contributed by atoms with Crippen LogP contribution in [-0.4, -0.2) is 30.3 Å². The van der Waals surface area contributed by atoms with Crippen molar-refractivity contribution < 1.29 is 14.6 Å². The van der Waals surface area contributed by atoms with Crippen molar-refractivity contribution in [2.75, 3.05) is 13.2 Å². The Balaban J connectivity index is 2.17. The van der Waals surface area contributed by atoms with Gasteiger partial charge in [0.05, 0.1) is 13.2 Å². The fourth-order valence-electron chi connectivity index (χ4n) is 1.52. The third-order valence-electron chi connectivity index (χ3n) is 2.49. The molecule has 0 fully saturated rings. The monoisotopic (exact) mass is 251 g/mol. The number of hydrogen-bond acceptors (Lipinski definition) is 3. The maximum atomic E-state index is 11.4. The van der Waals surface area contributed by atoms with Gasteiger partial charge in [0.25, 0.3) is 0 Å². The van der Waals surface area contributed by atoms with Gasteiger partial charge in [-0.15, -0.1) is 0 Å². The Kier molecular flexibility index (Phi) is 6.22. The average molecular weight is 251 g/mol. The van der Waals surface area contributed by atoms with Gasteiger partial charge in [-0.05, 0) is 38.0 Å². The number of aliphatic hydroxyl groups excluding tert-OH is 1. The van der Waals surface area contributed by atoms with E-state index in [0.29, 0.717) is 19.4 Å². The first kappa shape index (κ1) is 14.5. The van der Waals surface area contributed by atoms with Crippen LogP contribution in [0.3, 0.4) is 0 Å². The Morgan fingerprint density at radius 1 is 1.50 bits per heavy atom. The van der Waals surface area contributed by atoms with E-state index in [1.807, 2.05) is 31.2 Å². The summed E-state index contributed by atoms with van der Waals surface area (Å²) in [6.07, 6.45) is 1.08. The highest BCUT2D eigenvalue weighted by Crippen LogP contribution is 2.12. The lowest BCUT2D eigenvalue weighted by atomic mass is 10.2. The van der Waals surface area contributed by atoms with Crippen LogP contribution in [0.25, 0.3) is 0 Å². The molecule has 0 aliphatic rings. The molecule has 100 valence electrons. The number of aliphatic hydroxyl groups is 1. The zero-order valence-corrected chi connectivity index (χ0v) is 11.0. The first-order valence-corrected chi connectivity index (χ1v) is 6.21. The Hall–Kier alpha value is -1.55. The van der Waals surface area contributed by atoms with Crippen molar-refractivity contribution in [3.05, 3.63) is 29.8 Å². The molecule has 0 bridgehead atoms. The van der Waals surface area contributed by atoms with Crippen molar-refractivity contribution in [2.45, 2.75) is 32.7 Å². The quantitative estimate of drug-likeness (QED) is 0.724. The number of benzene rings is 1. The SMILES string of the molecule is Cc1cccc(OCCCC(=O)N[C@H](C)CO)c1. The second-order valence-corrected chi connectivity index (χ2v) is 4.42. The predicted molar refractivity (Wildman–Crippen MR) is 70.6 cm³/mol. The molecule has 0 radical (unpaired) electrons. The van der Waals surface area contributed by atoms with Crippen LogP contribution in [0, 0.1) is 6.92 Å².